The van der Waals surface area contributed by atoms with Crippen molar-refractivity contribution >= 4 is 29.1 Å². The first-order valence-corrected chi connectivity index (χ1v) is 7.48. The van der Waals surface area contributed by atoms with Crippen LogP contribution in [0.15, 0.2) is 48.5 Å². The molecule has 0 bridgehead atoms. The third-order valence-electron chi connectivity index (χ3n) is 3.09. The predicted molar refractivity (Wildman–Crippen MR) is 87.8 cm³/mol. The fourth-order valence-electron chi connectivity index (χ4n) is 1.96. The normalized spacial score (nSPS) is 10.2. The summed E-state index contributed by atoms with van der Waals surface area (Å²) in [5.41, 5.74) is 1.33. The fraction of sp³-hybridized carbons (Fsp3) is 0.176. The first-order valence-electron chi connectivity index (χ1n) is 7.10. The molecule has 0 fully saturated rings. The molecule has 4 nitrogen and oxygen atoms in total. The summed E-state index contributed by atoms with van der Waals surface area (Å²) in [4.78, 5) is 23.5. The maximum absolute atomic E-state index is 13.0. The standard InChI is InChI=1S/C17H16ClFN2O2/c18-14-11-13(6-7-15(14)19)21-16(22)8-9-20-17(23)10-12-4-2-1-3-5-12/h1-7,11H,8-10H2,(H,20,23)(H,21,22). The van der Waals surface area contributed by atoms with Crippen LogP contribution in [-0.4, -0.2) is 18.4 Å². The lowest BCUT2D eigenvalue weighted by Crippen LogP contribution is -2.28. The minimum atomic E-state index is -0.544. The summed E-state index contributed by atoms with van der Waals surface area (Å²) >= 11 is 5.64. The molecule has 0 saturated heterocycles. The first-order chi connectivity index (χ1) is 11.0. The highest BCUT2D eigenvalue weighted by atomic mass is 35.5. The Labute approximate surface area is 138 Å². The van der Waals surface area contributed by atoms with Crippen molar-refractivity contribution in [2.24, 2.45) is 0 Å². The molecule has 0 heterocycles. The minimum absolute atomic E-state index is 0.0565. The Hall–Kier alpha value is -2.40. The van der Waals surface area contributed by atoms with Gasteiger partial charge in [0.05, 0.1) is 11.4 Å². The van der Waals surface area contributed by atoms with Crippen molar-refractivity contribution in [1.82, 2.24) is 5.32 Å². The highest BCUT2D eigenvalue weighted by Crippen LogP contribution is 2.19. The van der Waals surface area contributed by atoms with E-state index in [1.54, 1.807) is 0 Å². The van der Waals surface area contributed by atoms with Crippen molar-refractivity contribution in [3.8, 4) is 0 Å². The molecule has 2 aromatic carbocycles. The molecule has 0 aromatic heterocycles. The molecule has 0 aliphatic rings. The molecule has 2 amide bonds. The molecular weight excluding hydrogens is 319 g/mol. The van der Waals surface area contributed by atoms with Crippen molar-refractivity contribution in [1.29, 1.82) is 0 Å². The molecule has 0 aliphatic heterocycles. The molecule has 0 atom stereocenters. The lowest BCUT2D eigenvalue weighted by Gasteiger charge is -2.07. The van der Waals surface area contributed by atoms with E-state index in [0.29, 0.717) is 5.69 Å². The summed E-state index contributed by atoms with van der Waals surface area (Å²) in [6.45, 7) is 0.229. The number of carbonyl (C=O) groups is 2. The van der Waals surface area contributed by atoms with Crippen LogP contribution in [0.4, 0.5) is 10.1 Å². The van der Waals surface area contributed by atoms with Gasteiger partial charge in [-0.3, -0.25) is 9.59 Å². The zero-order valence-electron chi connectivity index (χ0n) is 12.3. The van der Waals surface area contributed by atoms with Gasteiger partial charge in [-0.15, -0.1) is 0 Å². The Morgan fingerprint density at radius 3 is 2.48 bits per heavy atom. The van der Waals surface area contributed by atoms with Crippen LogP contribution in [0.1, 0.15) is 12.0 Å². The van der Waals surface area contributed by atoms with E-state index in [1.807, 2.05) is 30.3 Å². The molecule has 6 heteroatoms. The van der Waals surface area contributed by atoms with Crippen molar-refractivity contribution < 1.29 is 14.0 Å². The SMILES string of the molecule is O=C(Cc1ccccc1)NCCC(=O)Nc1ccc(F)c(Cl)c1. The second-order valence-corrected chi connectivity index (χ2v) is 5.35. The van der Waals surface area contributed by atoms with Crippen molar-refractivity contribution in [2.75, 3.05) is 11.9 Å². The number of rotatable bonds is 6. The Balaban J connectivity index is 1.72. The van der Waals surface area contributed by atoms with Gasteiger partial charge < -0.3 is 10.6 Å². The lowest BCUT2D eigenvalue weighted by molar-refractivity contribution is -0.120. The van der Waals surface area contributed by atoms with Gasteiger partial charge in [0.2, 0.25) is 11.8 Å². The number of nitrogens with one attached hydrogen (secondary N) is 2. The smallest absolute Gasteiger partial charge is 0.226 e. The summed E-state index contributed by atoms with van der Waals surface area (Å²) in [6.07, 6.45) is 0.394. The maximum atomic E-state index is 13.0. The molecule has 2 aromatic rings. The largest absolute Gasteiger partial charge is 0.355 e. The third kappa shape index (κ3) is 5.71. The summed E-state index contributed by atoms with van der Waals surface area (Å²) < 4.78 is 13.0. The third-order valence-corrected chi connectivity index (χ3v) is 3.37. The summed E-state index contributed by atoms with van der Waals surface area (Å²) in [7, 11) is 0. The number of hydrogen-bond donors (Lipinski definition) is 2. The van der Waals surface area contributed by atoms with Crippen LogP contribution in [0.5, 0.6) is 0 Å². The van der Waals surface area contributed by atoms with Gasteiger partial charge in [0.1, 0.15) is 5.82 Å². The average Bonchev–Trinajstić information content (AvgIpc) is 2.52. The van der Waals surface area contributed by atoms with E-state index in [2.05, 4.69) is 10.6 Å². The number of benzene rings is 2. The number of halogens is 2. The predicted octanol–water partition coefficient (Wildman–Crippen LogP) is 3.17. The Bertz CT molecular complexity index is 692. The number of anilines is 1. The van der Waals surface area contributed by atoms with Crippen LogP contribution < -0.4 is 10.6 Å². The molecule has 23 heavy (non-hydrogen) atoms. The summed E-state index contributed by atoms with van der Waals surface area (Å²) in [6, 6.07) is 13.3. The average molecular weight is 335 g/mol. The van der Waals surface area contributed by atoms with Gasteiger partial charge in [0.15, 0.2) is 0 Å². The molecule has 0 radical (unpaired) electrons. The van der Waals surface area contributed by atoms with Crippen LogP contribution in [0.25, 0.3) is 0 Å². The van der Waals surface area contributed by atoms with Crippen molar-refractivity contribution in [3.63, 3.8) is 0 Å². The van der Waals surface area contributed by atoms with Gasteiger partial charge in [-0.2, -0.15) is 0 Å². The van der Waals surface area contributed by atoms with Crippen molar-refractivity contribution in [3.05, 3.63) is 64.9 Å². The second kappa shape index (κ2) is 8.29. The van der Waals surface area contributed by atoms with E-state index in [1.165, 1.54) is 18.2 Å². The molecule has 2 rings (SSSR count). The van der Waals surface area contributed by atoms with Crippen LogP contribution in [-0.2, 0) is 16.0 Å². The van der Waals surface area contributed by atoms with E-state index in [-0.39, 0.29) is 36.2 Å². The van der Waals surface area contributed by atoms with Crippen molar-refractivity contribution in [2.45, 2.75) is 12.8 Å². The molecule has 0 aliphatic carbocycles. The molecule has 0 saturated carbocycles. The van der Waals surface area contributed by atoms with E-state index >= 15 is 0 Å². The van der Waals surface area contributed by atoms with Crippen LogP contribution in [0, 0.1) is 5.82 Å². The molecule has 120 valence electrons. The van der Waals surface area contributed by atoms with Crippen LogP contribution in [0.3, 0.4) is 0 Å². The van der Waals surface area contributed by atoms with Gasteiger partial charge in [-0.1, -0.05) is 41.9 Å². The topological polar surface area (TPSA) is 58.2 Å². The zero-order chi connectivity index (χ0) is 16.7. The fourth-order valence-corrected chi connectivity index (χ4v) is 2.14. The maximum Gasteiger partial charge on any atom is 0.226 e. The van der Waals surface area contributed by atoms with Gasteiger partial charge >= 0.3 is 0 Å². The van der Waals surface area contributed by atoms with E-state index in [0.717, 1.165) is 5.56 Å². The van der Waals surface area contributed by atoms with E-state index in [4.69, 9.17) is 11.6 Å². The van der Waals surface area contributed by atoms with Crippen LogP contribution in [0.2, 0.25) is 5.02 Å². The quantitative estimate of drug-likeness (QED) is 0.852. The van der Waals surface area contributed by atoms with E-state index in [9.17, 15) is 14.0 Å². The zero-order valence-corrected chi connectivity index (χ0v) is 13.1. The number of amides is 2. The molecule has 0 unspecified atom stereocenters. The number of hydrogen-bond acceptors (Lipinski definition) is 2. The van der Waals surface area contributed by atoms with Crippen LogP contribution >= 0.6 is 11.6 Å². The Morgan fingerprint density at radius 1 is 1.04 bits per heavy atom. The highest BCUT2D eigenvalue weighted by Gasteiger charge is 2.07. The van der Waals surface area contributed by atoms with E-state index < -0.39 is 5.82 Å². The van der Waals surface area contributed by atoms with Gasteiger partial charge in [-0.05, 0) is 23.8 Å². The lowest BCUT2D eigenvalue weighted by atomic mass is 10.1. The monoisotopic (exact) mass is 334 g/mol. The minimum Gasteiger partial charge on any atom is -0.355 e. The first kappa shape index (κ1) is 17.0. The van der Waals surface area contributed by atoms with Gasteiger partial charge in [0, 0.05) is 18.7 Å². The Kier molecular flexibility index (Phi) is 6.11. The summed E-state index contributed by atoms with van der Waals surface area (Å²) in [5, 5.41) is 5.22. The summed E-state index contributed by atoms with van der Waals surface area (Å²) in [5.74, 6) is -0.973. The number of carbonyl (C=O) groups excluding carboxylic acids is 2. The second-order valence-electron chi connectivity index (χ2n) is 4.94. The van der Waals surface area contributed by atoms with Gasteiger partial charge in [-0.25, -0.2) is 4.39 Å². The molecule has 0 spiro atoms. The van der Waals surface area contributed by atoms with Gasteiger partial charge in [0.25, 0.3) is 0 Å². The highest BCUT2D eigenvalue weighted by molar-refractivity contribution is 6.31. The molecular formula is C17H16ClFN2O2. The Morgan fingerprint density at radius 2 is 1.78 bits per heavy atom. The molecule has 2 N–H and O–H groups in total.